The topological polar surface area (TPSA) is 44.0 Å². The second kappa shape index (κ2) is 15.3. The standard InChI is InChI=1S/C10H18O.C9H9N.C4H10.C4H8/c1-8-6-9(7-11)2-3-10(8)4-5-10;1-7-3-4-9(6-10)5-8(7)2;2*1-3-4-2/h8-9,11H,2-7H2,1H3;3-5H,1-2H3;3-4H2,1-2H3;3-4H,1-2H3/b;;;4-3-/t8?,9-;;;/m1.../s1. The second-order valence-electron chi connectivity index (χ2n) is 8.66. The molecule has 0 radical (unpaired) electrons. The number of aliphatic hydroxyl groups is 1. The van der Waals surface area contributed by atoms with E-state index in [2.05, 4.69) is 26.8 Å². The van der Waals surface area contributed by atoms with Crippen LogP contribution in [-0.4, -0.2) is 11.7 Å². The van der Waals surface area contributed by atoms with Gasteiger partial charge in [-0.15, -0.1) is 0 Å². The van der Waals surface area contributed by atoms with Crippen molar-refractivity contribution < 1.29 is 5.11 Å². The highest BCUT2D eigenvalue weighted by atomic mass is 16.3. The van der Waals surface area contributed by atoms with Gasteiger partial charge in [-0.1, -0.05) is 51.8 Å². The van der Waals surface area contributed by atoms with Gasteiger partial charge in [0.15, 0.2) is 0 Å². The van der Waals surface area contributed by atoms with Gasteiger partial charge in [0.1, 0.15) is 0 Å². The van der Waals surface area contributed by atoms with Crippen molar-refractivity contribution >= 4 is 0 Å². The van der Waals surface area contributed by atoms with E-state index >= 15 is 0 Å². The first-order chi connectivity index (χ1) is 13.8. The van der Waals surface area contributed by atoms with Crippen LogP contribution in [0.5, 0.6) is 0 Å². The largest absolute Gasteiger partial charge is 0.396 e. The van der Waals surface area contributed by atoms with E-state index in [1.165, 1.54) is 56.1 Å². The summed E-state index contributed by atoms with van der Waals surface area (Å²) in [6, 6.07) is 7.79. The lowest BCUT2D eigenvalue weighted by molar-refractivity contribution is 0.117. The van der Waals surface area contributed by atoms with Crippen LogP contribution in [0.15, 0.2) is 30.4 Å². The van der Waals surface area contributed by atoms with E-state index < -0.39 is 0 Å². The minimum atomic E-state index is 0.417. The van der Waals surface area contributed by atoms with Crippen LogP contribution in [0.2, 0.25) is 0 Å². The van der Waals surface area contributed by atoms with Crippen molar-refractivity contribution in [2.45, 2.75) is 93.4 Å². The summed E-state index contributed by atoms with van der Waals surface area (Å²) in [5, 5.41) is 17.5. The summed E-state index contributed by atoms with van der Waals surface area (Å²) in [5.74, 6) is 1.50. The smallest absolute Gasteiger partial charge is 0.0991 e. The zero-order valence-corrected chi connectivity index (χ0v) is 20.1. The molecule has 2 aliphatic carbocycles. The fraction of sp³-hybridized carbons (Fsp3) is 0.667. The highest BCUT2D eigenvalue weighted by molar-refractivity contribution is 5.36. The molecule has 0 saturated heterocycles. The van der Waals surface area contributed by atoms with Gasteiger partial charge in [0.05, 0.1) is 11.6 Å². The van der Waals surface area contributed by atoms with Crippen LogP contribution in [0, 0.1) is 42.4 Å². The molecule has 2 fully saturated rings. The summed E-state index contributed by atoms with van der Waals surface area (Å²) in [6.07, 6.45) is 13.5. The Bertz CT molecular complexity index is 616. The van der Waals surface area contributed by atoms with Gasteiger partial charge in [-0.05, 0) is 100 Å². The molecule has 0 heterocycles. The molecule has 2 aliphatic rings. The molecule has 2 heteroatoms. The van der Waals surface area contributed by atoms with E-state index in [0.29, 0.717) is 12.5 Å². The summed E-state index contributed by atoms with van der Waals surface area (Å²) in [7, 11) is 0. The first-order valence-corrected chi connectivity index (χ1v) is 11.5. The lowest BCUT2D eigenvalue weighted by atomic mass is 9.73. The Morgan fingerprint density at radius 3 is 2.00 bits per heavy atom. The lowest BCUT2D eigenvalue weighted by Gasteiger charge is -2.33. The fourth-order valence-electron chi connectivity index (χ4n) is 3.49. The fourth-order valence-corrected chi connectivity index (χ4v) is 3.49. The van der Waals surface area contributed by atoms with E-state index in [4.69, 9.17) is 10.4 Å². The third-order valence-corrected chi connectivity index (χ3v) is 6.40. The van der Waals surface area contributed by atoms with E-state index in [0.717, 1.165) is 16.9 Å². The predicted octanol–water partition coefficient (Wildman–Crippen LogP) is 7.76. The second-order valence-corrected chi connectivity index (χ2v) is 8.66. The molecular formula is C27H45NO. The van der Waals surface area contributed by atoms with Crippen LogP contribution in [0.4, 0.5) is 0 Å². The number of aryl methyl sites for hydroxylation is 2. The third-order valence-electron chi connectivity index (χ3n) is 6.40. The molecule has 0 amide bonds. The number of rotatable bonds is 2. The van der Waals surface area contributed by atoms with Gasteiger partial charge >= 0.3 is 0 Å². The van der Waals surface area contributed by atoms with Crippen molar-refractivity contribution in [3.8, 4) is 6.07 Å². The zero-order chi connectivity index (χ0) is 22.3. The Morgan fingerprint density at radius 1 is 1.07 bits per heavy atom. The summed E-state index contributed by atoms with van der Waals surface area (Å²) < 4.78 is 0. The molecule has 0 aromatic heterocycles. The van der Waals surface area contributed by atoms with Crippen LogP contribution in [-0.2, 0) is 0 Å². The number of hydrogen-bond acceptors (Lipinski definition) is 2. The highest BCUT2D eigenvalue weighted by Crippen LogP contribution is 2.60. The van der Waals surface area contributed by atoms with Crippen molar-refractivity contribution in [1.29, 1.82) is 5.26 Å². The van der Waals surface area contributed by atoms with Crippen molar-refractivity contribution in [3.05, 3.63) is 47.0 Å². The van der Waals surface area contributed by atoms with Crippen LogP contribution in [0.25, 0.3) is 0 Å². The Morgan fingerprint density at radius 2 is 1.66 bits per heavy atom. The van der Waals surface area contributed by atoms with Crippen LogP contribution < -0.4 is 0 Å². The molecule has 164 valence electrons. The molecule has 29 heavy (non-hydrogen) atoms. The lowest BCUT2D eigenvalue weighted by Crippen LogP contribution is -2.25. The number of benzene rings is 1. The normalized spacial score (nSPS) is 20.9. The number of nitriles is 1. The maximum atomic E-state index is 9.00. The number of hydrogen-bond donors (Lipinski definition) is 1. The predicted molar refractivity (Wildman–Crippen MR) is 127 cm³/mol. The average molecular weight is 400 g/mol. The van der Waals surface area contributed by atoms with Crippen molar-refractivity contribution in [3.63, 3.8) is 0 Å². The summed E-state index contributed by atoms with van der Waals surface area (Å²) in [6.45, 7) is 15.2. The Labute approximate surface area is 181 Å². The van der Waals surface area contributed by atoms with Gasteiger partial charge in [-0.25, -0.2) is 0 Å². The minimum Gasteiger partial charge on any atom is -0.396 e. The maximum Gasteiger partial charge on any atom is 0.0991 e. The highest BCUT2D eigenvalue weighted by Gasteiger charge is 2.49. The zero-order valence-electron chi connectivity index (χ0n) is 20.1. The van der Waals surface area contributed by atoms with Gasteiger partial charge in [-0.2, -0.15) is 5.26 Å². The molecule has 1 N–H and O–H groups in total. The van der Waals surface area contributed by atoms with Crippen molar-refractivity contribution in [1.82, 2.24) is 0 Å². The van der Waals surface area contributed by atoms with Crippen LogP contribution in [0.3, 0.4) is 0 Å². The van der Waals surface area contributed by atoms with Crippen LogP contribution >= 0.6 is 0 Å². The molecule has 1 spiro atoms. The van der Waals surface area contributed by atoms with Crippen molar-refractivity contribution in [2.24, 2.45) is 17.3 Å². The first-order valence-electron chi connectivity index (χ1n) is 11.5. The number of allylic oxidation sites excluding steroid dienone is 2. The van der Waals surface area contributed by atoms with Crippen molar-refractivity contribution in [2.75, 3.05) is 6.61 Å². The third kappa shape index (κ3) is 10.7. The number of unbranched alkanes of at least 4 members (excludes halogenated alkanes) is 1. The molecular weight excluding hydrogens is 354 g/mol. The van der Waals surface area contributed by atoms with E-state index in [9.17, 15) is 0 Å². The van der Waals surface area contributed by atoms with Gasteiger partial charge in [-0.3, -0.25) is 0 Å². The van der Waals surface area contributed by atoms with E-state index in [1.54, 1.807) is 0 Å². The Balaban J connectivity index is 0.000000401. The van der Waals surface area contributed by atoms with Crippen LogP contribution in [0.1, 0.15) is 96.3 Å². The molecule has 1 aromatic carbocycles. The number of aliphatic hydroxyl groups excluding tert-OH is 1. The number of nitrogens with zero attached hydrogens (tertiary/aromatic N) is 1. The molecule has 1 unspecified atom stereocenters. The monoisotopic (exact) mass is 399 g/mol. The molecule has 0 bridgehead atoms. The minimum absolute atomic E-state index is 0.417. The molecule has 3 rings (SSSR count). The van der Waals surface area contributed by atoms with E-state index in [1.807, 2.05) is 58.0 Å². The first kappa shape index (κ1) is 27.4. The molecule has 0 aliphatic heterocycles. The molecule has 2 saturated carbocycles. The maximum absolute atomic E-state index is 9.00. The SMILES string of the molecule is C/C=C\C.CC1C[C@H](CO)CCC12CC2.CCCC.Cc1ccc(C#N)cc1C. The summed E-state index contributed by atoms with van der Waals surface area (Å²) >= 11 is 0. The Hall–Kier alpha value is -1.59. The van der Waals surface area contributed by atoms with Gasteiger partial charge < -0.3 is 5.11 Å². The van der Waals surface area contributed by atoms with Gasteiger partial charge in [0, 0.05) is 6.61 Å². The van der Waals surface area contributed by atoms with Gasteiger partial charge in [0.2, 0.25) is 0 Å². The van der Waals surface area contributed by atoms with Gasteiger partial charge in [0.25, 0.3) is 0 Å². The average Bonchev–Trinajstić information content (AvgIpc) is 3.53. The summed E-state index contributed by atoms with van der Waals surface area (Å²) in [5.41, 5.74) is 3.91. The quantitative estimate of drug-likeness (QED) is 0.516. The molecule has 1 aromatic rings. The molecule has 2 nitrogen and oxygen atoms in total. The summed E-state index contributed by atoms with van der Waals surface area (Å²) in [4.78, 5) is 0. The molecule has 2 atom stereocenters. The Kier molecular flexibility index (Phi) is 14.4. The van der Waals surface area contributed by atoms with E-state index in [-0.39, 0.29) is 0 Å².